The molecular weight excluding hydrogens is 364 g/mol. The molecule has 0 aromatic heterocycles. The van der Waals surface area contributed by atoms with E-state index in [1.165, 1.54) is 0 Å². The van der Waals surface area contributed by atoms with E-state index < -0.39 is 54.3 Å². The van der Waals surface area contributed by atoms with Crippen molar-refractivity contribution >= 4 is 5.97 Å². The van der Waals surface area contributed by atoms with Crippen molar-refractivity contribution < 1.29 is 45.0 Å². The van der Waals surface area contributed by atoms with Gasteiger partial charge in [-0.3, -0.25) is 0 Å². The van der Waals surface area contributed by atoms with Gasteiger partial charge in [0, 0.05) is 5.41 Å². The van der Waals surface area contributed by atoms with Crippen molar-refractivity contribution in [3.63, 3.8) is 0 Å². The second-order valence-electron chi connectivity index (χ2n) is 7.78. The third-order valence-electron chi connectivity index (χ3n) is 6.14. The first-order valence-electron chi connectivity index (χ1n) is 7.91. The zero-order valence-electron chi connectivity index (χ0n) is 12.8. The summed E-state index contributed by atoms with van der Waals surface area (Å²) in [5.74, 6) is -30.0. The zero-order chi connectivity index (χ0) is 19.1. The van der Waals surface area contributed by atoms with Gasteiger partial charge >= 0.3 is 23.7 Å². The number of hydrogen-bond acceptors (Lipinski definition) is 2. The second kappa shape index (κ2) is 5.00. The summed E-state index contributed by atoms with van der Waals surface area (Å²) in [5, 5.41) is 10.2. The highest BCUT2D eigenvalue weighted by Crippen LogP contribution is 2.69. The highest BCUT2D eigenvalue weighted by Gasteiger charge is 2.85. The molecule has 0 spiro atoms. The average molecular weight is 379 g/mol. The predicted molar refractivity (Wildman–Crippen MR) is 65.4 cm³/mol. The number of carboxylic acids is 1. The van der Waals surface area contributed by atoms with Crippen LogP contribution in [0.3, 0.4) is 0 Å². The number of carbonyl (C=O) groups excluding carboxylic acids is 1. The summed E-state index contributed by atoms with van der Waals surface area (Å²) >= 11 is 0. The van der Waals surface area contributed by atoms with E-state index in [-0.39, 0.29) is 17.8 Å². The molecule has 4 fully saturated rings. The van der Waals surface area contributed by atoms with Crippen LogP contribution in [-0.4, -0.2) is 29.7 Å². The van der Waals surface area contributed by atoms with Crippen LogP contribution in [0.1, 0.15) is 38.5 Å². The van der Waals surface area contributed by atoms with E-state index in [1.54, 1.807) is 0 Å². The van der Waals surface area contributed by atoms with Crippen LogP contribution in [0, 0.1) is 23.2 Å². The maximum absolute atomic E-state index is 14.7. The number of hydrogen-bond donors (Lipinski definition) is 0. The van der Waals surface area contributed by atoms with Crippen LogP contribution in [0.4, 0.5) is 35.1 Å². The molecule has 144 valence electrons. The quantitative estimate of drug-likeness (QED) is 0.686. The Balaban J connectivity index is 2.02. The molecule has 10 heteroatoms. The summed E-state index contributed by atoms with van der Waals surface area (Å²) in [6, 6.07) is 0. The van der Waals surface area contributed by atoms with Crippen LogP contribution < -0.4 is 5.11 Å². The number of carbonyl (C=O) groups is 1. The topological polar surface area (TPSA) is 40.1 Å². The number of aliphatic carboxylic acids is 1. The van der Waals surface area contributed by atoms with E-state index in [4.69, 9.17) is 0 Å². The van der Waals surface area contributed by atoms with Gasteiger partial charge in [-0.25, -0.2) is 0 Å². The normalized spacial score (nSPS) is 35.9. The highest BCUT2D eigenvalue weighted by atomic mass is 19.4. The van der Waals surface area contributed by atoms with Crippen molar-refractivity contribution in [2.45, 2.75) is 62.2 Å². The molecule has 4 rings (SSSR count). The van der Waals surface area contributed by atoms with Gasteiger partial charge in [0.25, 0.3) is 0 Å². The van der Waals surface area contributed by atoms with Gasteiger partial charge in [0.1, 0.15) is 5.97 Å². The molecule has 25 heavy (non-hydrogen) atoms. The second-order valence-corrected chi connectivity index (χ2v) is 7.78. The monoisotopic (exact) mass is 379 g/mol. The Morgan fingerprint density at radius 2 is 1.12 bits per heavy atom. The van der Waals surface area contributed by atoms with Gasteiger partial charge in [-0.15, -0.1) is 0 Å². The van der Waals surface area contributed by atoms with Gasteiger partial charge in [0.2, 0.25) is 0 Å². The first-order valence-corrected chi connectivity index (χ1v) is 7.91. The maximum Gasteiger partial charge on any atom is 0.383 e. The van der Waals surface area contributed by atoms with Gasteiger partial charge in [0.05, 0.1) is 0 Å². The minimum atomic E-state index is -6.79. The molecule has 4 aliphatic rings. The molecule has 0 heterocycles. The molecule has 2 nitrogen and oxygen atoms in total. The first kappa shape index (κ1) is 18.7. The van der Waals surface area contributed by atoms with Crippen LogP contribution in [0.2, 0.25) is 0 Å². The van der Waals surface area contributed by atoms with E-state index in [9.17, 15) is 45.0 Å². The fourth-order valence-corrected chi connectivity index (χ4v) is 5.35. The Morgan fingerprint density at radius 1 is 0.760 bits per heavy atom. The molecule has 4 aliphatic carbocycles. The standard InChI is InChI=1S/C15H16F8O2/c16-12(17,10(24)25)14(20,21)15(22,23)13(18,19)11-4-7-1-8(5-11)3-9(2-7)6-11/h7-9H,1-6H2,(H,24,25)/p-1. The lowest BCUT2D eigenvalue weighted by atomic mass is 9.47. The summed E-state index contributed by atoms with van der Waals surface area (Å²) in [5.41, 5.74) is -2.52. The minimum absolute atomic E-state index is 0.330. The van der Waals surface area contributed by atoms with Crippen LogP contribution >= 0.6 is 0 Å². The third kappa shape index (κ3) is 2.17. The minimum Gasteiger partial charge on any atom is -0.544 e. The SMILES string of the molecule is O=C([O-])C(F)(F)C(F)(F)C(F)(F)C(F)(F)C12CC3CC(CC(C3)C1)C2. The van der Waals surface area contributed by atoms with E-state index in [1.807, 2.05) is 0 Å². The largest absolute Gasteiger partial charge is 0.544 e. The van der Waals surface area contributed by atoms with Gasteiger partial charge in [0.15, 0.2) is 0 Å². The zero-order valence-corrected chi connectivity index (χ0v) is 12.8. The molecule has 0 amide bonds. The number of rotatable bonds is 5. The van der Waals surface area contributed by atoms with Crippen molar-refractivity contribution in [1.29, 1.82) is 0 Å². The lowest BCUT2D eigenvalue weighted by molar-refractivity contribution is -0.410. The summed E-state index contributed by atoms with van der Waals surface area (Å²) in [4.78, 5) is 10.2. The Hall–Kier alpha value is -1.09. The van der Waals surface area contributed by atoms with Gasteiger partial charge in [-0.1, -0.05) is 0 Å². The Labute approximate surface area is 137 Å². The summed E-state index contributed by atoms with van der Waals surface area (Å²) in [7, 11) is 0. The Bertz CT molecular complexity index is 551. The van der Waals surface area contributed by atoms with Crippen molar-refractivity contribution in [3.8, 4) is 0 Å². The highest BCUT2D eigenvalue weighted by molar-refractivity contribution is 5.75. The molecule has 0 aromatic rings. The van der Waals surface area contributed by atoms with Crippen molar-refractivity contribution in [3.05, 3.63) is 0 Å². The van der Waals surface area contributed by atoms with Crippen molar-refractivity contribution in [2.75, 3.05) is 0 Å². The smallest absolute Gasteiger partial charge is 0.383 e. The number of carboxylic acid groups (broad SMARTS) is 1. The first-order chi connectivity index (χ1) is 11.2. The van der Waals surface area contributed by atoms with Gasteiger partial charge in [-0.2, -0.15) is 35.1 Å². The van der Waals surface area contributed by atoms with Gasteiger partial charge < -0.3 is 9.90 Å². The fraction of sp³-hybridized carbons (Fsp3) is 0.933. The molecule has 0 aromatic carbocycles. The van der Waals surface area contributed by atoms with E-state index in [0.717, 1.165) is 0 Å². The summed E-state index contributed by atoms with van der Waals surface area (Å²) in [6.07, 6.45) is 0.253. The number of halogens is 8. The maximum atomic E-state index is 14.7. The average Bonchev–Trinajstić information content (AvgIpc) is 2.44. The Kier molecular flexibility index (Phi) is 3.74. The summed E-state index contributed by atoms with van der Waals surface area (Å²) < 4.78 is 111. The molecule has 0 aliphatic heterocycles. The lowest BCUT2D eigenvalue weighted by Crippen LogP contribution is -2.71. The van der Waals surface area contributed by atoms with Crippen LogP contribution in [0.15, 0.2) is 0 Å². The van der Waals surface area contributed by atoms with E-state index in [0.29, 0.717) is 19.3 Å². The molecule has 0 radical (unpaired) electrons. The fourth-order valence-electron chi connectivity index (χ4n) is 5.35. The van der Waals surface area contributed by atoms with Crippen LogP contribution in [0.25, 0.3) is 0 Å². The molecule has 4 bridgehead atoms. The van der Waals surface area contributed by atoms with Crippen molar-refractivity contribution in [1.82, 2.24) is 0 Å². The molecule has 0 atom stereocenters. The molecule has 4 saturated carbocycles. The molecule has 0 N–H and O–H groups in total. The number of alkyl halides is 8. The lowest BCUT2D eigenvalue weighted by Gasteiger charge is -2.60. The van der Waals surface area contributed by atoms with Gasteiger partial charge in [-0.05, 0) is 56.3 Å². The molecular formula is C15H15F8O2-. The third-order valence-corrected chi connectivity index (χ3v) is 6.14. The van der Waals surface area contributed by atoms with Crippen LogP contribution in [0.5, 0.6) is 0 Å². The predicted octanol–water partition coefficient (Wildman–Crippen LogP) is 3.49. The summed E-state index contributed by atoms with van der Waals surface area (Å²) in [6.45, 7) is 0. The van der Waals surface area contributed by atoms with E-state index in [2.05, 4.69) is 0 Å². The van der Waals surface area contributed by atoms with Crippen molar-refractivity contribution in [2.24, 2.45) is 23.2 Å². The Morgan fingerprint density at radius 3 is 1.44 bits per heavy atom. The molecule has 0 unspecified atom stereocenters. The van der Waals surface area contributed by atoms with E-state index >= 15 is 0 Å². The molecule has 0 saturated heterocycles. The van der Waals surface area contributed by atoms with Crippen LogP contribution in [-0.2, 0) is 4.79 Å².